The number of benzene rings is 1. The van der Waals surface area contributed by atoms with E-state index in [1.165, 1.54) is 4.44 Å². The Morgan fingerprint density at radius 1 is 1.12 bits per heavy atom. The van der Waals surface area contributed by atoms with Crippen LogP contribution in [-0.2, 0) is 12.8 Å². The first-order valence-electron chi connectivity index (χ1n) is 5.11. The summed E-state index contributed by atoms with van der Waals surface area (Å²) in [6.07, 6.45) is 1.79. The molecule has 2 nitrogen and oxygen atoms in total. The van der Waals surface area contributed by atoms with Crippen LogP contribution in [0.2, 0.25) is 0 Å². The van der Waals surface area contributed by atoms with Crippen LogP contribution in [0.3, 0.4) is 0 Å². The number of hydrogen-bond donors (Lipinski definition) is 1. The minimum atomic E-state index is -0.834. The summed E-state index contributed by atoms with van der Waals surface area (Å²) in [5.74, 6) is -0.834. The first kappa shape index (κ1) is 11.2. The molecule has 0 saturated carbocycles. The van der Waals surface area contributed by atoms with Crippen LogP contribution in [0.25, 0.3) is 0 Å². The van der Waals surface area contributed by atoms with E-state index in [4.69, 9.17) is 5.11 Å². The van der Waals surface area contributed by atoms with Crippen molar-refractivity contribution in [1.29, 1.82) is 0 Å². The van der Waals surface area contributed by atoms with Crippen molar-refractivity contribution < 1.29 is 9.90 Å². The zero-order valence-corrected chi connectivity index (χ0v) is 10.4. The molecule has 0 amide bonds. The van der Waals surface area contributed by atoms with Crippen LogP contribution in [-0.4, -0.2) is 25.6 Å². The fourth-order valence-corrected chi connectivity index (χ4v) is 3.15. The number of carboxylic acid groups (broad SMARTS) is 1. The second kappa shape index (κ2) is 5.15. The van der Waals surface area contributed by atoms with Gasteiger partial charge in [0.05, 0.1) is 0 Å². The van der Waals surface area contributed by atoms with Gasteiger partial charge in [0.2, 0.25) is 0 Å². The van der Waals surface area contributed by atoms with Gasteiger partial charge in [-0.15, -0.1) is 0 Å². The summed E-state index contributed by atoms with van der Waals surface area (Å²) in [6, 6.07) is 11.5. The van der Waals surface area contributed by atoms with Crippen molar-refractivity contribution >= 4 is 20.5 Å². The number of hydrogen-bond acceptors (Lipinski definition) is 1. The summed E-state index contributed by atoms with van der Waals surface area (Å²) in [6.45, 7) is 0. The van der Waals surface area contributed by atoms with Crippen LogP contribution in [0.15, 0.2) is 41.3 Å². The molecule has 82 valence electrons. The molecule has 0 fully saturated rings. The third-order valence-electron chi connectivity index (χ3n) is 2.47. The summed E-state index contributed by atoms with van der Waals surface area (Å²) in [5, 5.41) is 9.03. The monoisotopic (exact) mass is 280 g/mol. The fraction of sp³-hybridized carbons (Fsp3) is 0.154. The van der Waals surface area contributed by atoms with Crippen LogP contribution in [0, 0.1) is 0 Å². The predicted molar refractivity (Wildman–Crippen MR) is 64.2 cm³/mol. The molecule has 0 radical (unpaired) electrons. The zero-order chi connectivity index (χ0) is 11.4. The summed E-state index contributed by atoms with van der Waals surface area (Å²) in [5.41, 5.74) is 1.36. The van der Waals surface area contributed by atoms with E-state index in [1.807, 2.05) is 12.1 Å². The Balaban J connectivity index is 2.12. The second-order valence-corrected chi connectivity index (χ2v) is 5.71. The molecule has 0 saturated heterocycles. The Hall–Kier alpha value is -1.31. The van der Waals surface area contributed by atoms with Gasteiger partial charge in [-0.1, -0.05) is 0 Å². The van der Waals surface area contributed by atoms with Crippen LogP contribution in [0.4, 0.5) is 0 Å². The molecule has 3 heteroatoms. The van der Waals surface area contributed by atoms with Crippen molar-refractivity contribution in [2.75, 3.05) is 0 Å². The number of aromatic carboxylic acids is 1. The Morgan fingerprint density at radius 2 is 1.94 bits per heavy atom. The van der Waals surface area contributed by atoms with Crippen molar-refractivity contribution in [3.05, 3.63) is 56.9 Å². The van der Waals surface area contributed by atoms with E-state index in [0.29, 0.717) is 20.1 Å². The van der Waals surface area contributed by atoms with Crippen molar-refractivity contribution in [2.24, 2.45) is 0 Å². The topological polar surface area (TPSA) is 37.3 Å². The first-order chi connectivity index (χ1) is 7.77. The average Bonchev–Trinajstić information content (AvgIpc) is 2.79. The van der Waals surface area contributed by atoms with Crippen molar-refractivity contribution in [2.45, 2.75) is 12.8 Å². The number of rotatable bonds is 4. The van der Waals surface area contributed by atoms with Crippen LogP contribution < -0.4 is 0 Å². The van der Waals surface area contributed by atoms with E-state index < -0.39 is 5.97 Å². The van der Waals surface area contributed by atoms with Crippen LogP contribution in [0.5, 0.6) is 0 Å². The minimum absolute atomic E-state index is 0.432. The molecule has 2 rings (SSSR count). The normalized spacial score (nSPS) is 10.2. The fourth-order valence-electron chi connectivity index (χ4n) is 1.66. The van der Waals surface area contributed by atoms with Gasteiger partial charge >= 0.3 is 100 Å². The van der Waals surface area contributed by atoms with Gasteiger partial charge in [-0.3, -0.25) is 0 Å². The van der Waals surface area contributed by atoms with Gasteiger partial charge in [0.15, 0.2) is 0 Å². The Bertz CT molecular complexity index is 474. The van der Waals surface area contributed by atoms with Gasteiger partial charge in [-0.05, 0) is 0 Å². The third kappa shape index (κ3) is 2.63. The van der Waals surface area contributed by atoms with Gasteiger partial charge in [0.1, 0.15) is 0 Å². The van der Waals surface area contributed by atoms with Crippen LogP contribution >= 0.6 is 0 Å². The summed E-state index contributed by atoms with van der Waals surface area (Å²) < 4.78 is 1.44. The van der Waals surface area contributed by atoms with Crippen molar-refractivity contribution in [3.8, 4) is 0 Å². The quantitative estimate of drug-likeness (QED) is 0.871. The van der Waals surface area contributed by atoms with E-state index in [-0.39, 0.29) is 0 Å². The Morgan fingerprint density at radius 3 is 2.62 bits per heavy atom. The average molecular weight is 279 g/mol. The van der Waals surface area contributed by atoms with Gasteiger partial charge in [-0.2, -0.15) is 0 Å². The molecule has 0 unspecified atom stereocenters. The molecule has 1 N–H and O–H groups in total. The standard InChI is InChI=1S/C13H12O2Se/c14-13(15)12-6-2-1-4-10(12)7-8-11-5-3-9-16-11/h1-6,9H,7-8H2,(H,14,15). The second-order valence-electron chi connectivity index (χ2n) is 3.54. The van der Waals surface area contributed by atoms with Gasteiger partial charge in [-0.25, -0.2) is 0 Å². The molecule has 16 heavy (non-hydrogen) atoms. The third-order valence-corrected chi connectivity index (χ3v) is 4.43. The molecule has 0 aliphatic rings. The summed E-state index contributed by atoms with van der Waals surface area (Å²) in [7, 11) is 0. The summed E-state index contributed by atoms with van der Waals surface area (Å²) in [4.78, 5) is 13.2. The molecule has 0 spiro atoms. The predicted octanol–water partition coefficient (Wildman–Crippen LogP) is 2.23. The van der Waals surface area contributed by atoms with Gasteiger partial charge in [0.25, 0.3) is 0 Å². The SMILES string of the molecule is O=C(O)c1ccccc1CCc1ccc[se]1. The van der Waals surface area contributed by atoms with Gasteiger partial charge in [0, 0.05) is 0 Å². The molecule has 0 atom stereocenters. The van der Waals surface area contributed by atoms with E-state index in [2.05, 4.69) is 17.1 Å². The number of carboxylic acids is 1. The number of carbonyl (C=O) groups is 1. The van der Waals surface area contributed by atoms with Crippen LogP contribution in [0.1, 0.15) is 20.4 Å². The molecular weight excluding hydrogens is 267 g/mol. The molecule has 1 heterocycles. The molecule has 1 aromatic carbocycles. The summed E-state index contributed by atoms with van der Waals surface area (Å²) >= 11 is 0.484. The first-order valence-corrected chi connectivity index (χ1v) is 6.95. The van der Waals surface area contributed by atoms with Crippen molar-refractivity contribution in [1.82, 2.24) is 0 Å². The maximum atomic E-state index is 11.0. The zero-order valence-electron chi connectivity index (χ0n) is 8.72. The number of aryl methyl sites for hydroxylation is 2. The Kier molecular flexibility index (Phi) is 3.60. The maximum absolute atomic E-state index is 11.0. The molecule has 0 aliphatic carbocycles. The van der Waals surface area contributed by atoms with Gasteiger partial charge < -0.3 is 0 Å². The van der Waals surface area contributed by atoms with Crippen molar-refractivity contribution in [3.63, 3.8) is 0 Å². The van der Waals surface area contributed by atoms with E-state index in [0.717, 1.165) is 18.4 Å². The van der Waals surface area contributed by atoms with E-state index >= 15 is 0 Å². The van der Waals surface area contributed by atoms with E-state index in [9.17, 15) is 4.79 Å². The molecule has 0 bridgehead atoms. The Labute approximate surface area is 100 Å². The molecule has 1 aromatic heterocycles. The van der Waals surface area contributed by atoms with E-state index in [1.54, 1.807) is 12.1 Å². The molecule has 2 aromatic rings. The molecule has 0 aliphatic heterocycles. The molecular formula is C13H12O2Se.